The Hall–Kier alpha value is -1.03. The van der Waals surface area contributed by atoms with Crippen LogP contribution in [0.3, 0.4) is 0 Å². The second-order valence-electron chi connectivity index (χ2n) is 3.71. The van der Waals surface area contributed by atoms with Gasteiger partial charge in [-0.2, -0.15) is 0 Å². The molecule has 0 aliphatic rings. The van der Waals surface area contributed by atoms with Crippen molar-refractivity contribution in [1.29, 1.82) is 0 Å². The molecule has 0 aliphatic heterocycles. The second kappa shape index (κ2) is 5.95. The second-order valence-corrected chi connectivity index (χ2v) is 4.90. The van der Waals surface area contributed by atoms with E-state index in [0.29, 0.717) is 27.8 Å². The lowest BCUT2D eigenvalue weighted by Gasteiger charge is -2.15. The minimum atomic E-state index is -0.550. The van der Waals surface area contributed by atoms with Crippen LogP contribution in [0.5, 0.6) is 11.5 Å². The molecule has 1 heterocycles. The van der Waals surface area contributed by atoms with Crippen LogP contribution in [0.4, 0.5) is 0 Å². The number of alkyl halides is 1. The van der Waals surface area contributed by atoms with Crippen molar-refractivity contribution in [3.63, 3.8) is 0 Å². The topological polar surface area (TPSA) is 31.6 Å². The molecule has 19 heavy (non-hydrogen) atoms. The summed E-state index contributed by atoms with van der Waals surface area (Å²) in [5, 5.41) is 0.0934. The smallest absolute Gasteiger partial charge is 0.193 e. The lowest BCUT2D eigenvalue weighted by Crippen LogP contribution is -1.98. The molecule has 6 heteroatoms. The highest BCUT2D eigenvalue weighted by molar-refractivity contribution is 6.34. The molecule has 0 fully saturated rings. The predicted molar refractivity (Wildman–Crippen MR) is 76.0 cm³/mol. The number of halogens is 3. The van der Waals surface area contributed by atoms with Gasteiger partial charge in [0.1, 0.15) is 27.7 Å². The molecular formula is C13H11Cl3O3. The largest absolute Gasteiger partial charge is 0.495 e. The third-order valence-corrected chi connectivity index (χ3v) is 3.64. The summed E-state index contributed by atoms with van der Waals surface area (Å²) in [4.78, 5) is 0. The van der Waals surface area contributed by atoms with Gasteiger partial charge in [-0.15, -0.1) is 11.6 Å². The van der Waals surface area contributed by atoms with Crippen LogP contribution in [-0.4, -0.2) is 14.2 Å². The summed E-state index contributed by atoms with van der Waals surface area (Å²) in [6.07, 6.45) is 0. The fraction of sp³-hybridized carbons (Fsp3) is 0.231. The minimum absolute atomic E-state index is 0.277. The van der Waals surface area contributed by atoms with Gasteiger partial charge in [0.05, 0.1) is 14.2 Å². The number of hydrogen-bond donors (Lipinski definition) is 0. The van der Waals surface area contributed by atoms with Gasteiger partial charge in [-0.05, 0) is 35.9 Å². The molecule has 1 unspecified atom stereocenters. The molecule has 2 rings (SSSR count). The summed E-state index contributed by atoms with van der Waals surface area (Å²) in [5.41, 5.74) is 0.681. The Morgan fingerprint density at radius 2 is 1.79 bits per heavy atom. The average Bonchev–Trinajstić information content (AvgIpc) is 2.84. The van der Waals surface area contributed by atoms with Crippen LogP contribution in [0.25, 0.3) is 0 Å². The summed E-state index contributed by atoms with van der Waals surface area (Å²) in [7, 11) is 3.05. The Morgan fingerprint density at radius 3 is 2.32 bits per heavy atom. The molecule has 0 radical (unpaired) electrons. The fourth-order valence-electron chi connectivity index (χ4n) is 1.74. The van der Waals surface area contributed by atoms with Gasteiger partial charge in [0.15, 0.2) is 5.22 Å². The zero-order valence-electron chi connectivity index (χ0n) is 10.2. The highest BCUT2D eigenvalue weighted by Gasteiger charge is 2.22. The molecule has 2 aromatic rings. The summed E-state index contributed by atoms with van der Waals surface area (Å²) in [5.74, 6) is 1.49. The van der Waals surface area contributed by atoms with E-state index in [1.807, 2.05) is 0 Å². The average molecular weight is 322 g/mol. The van der Waals surface area contributed by atoms with Crippen LogP contribution in [0.2, 0.25) is 10.2 Å². The Balaban J connectivity index is 2.47. The monoisotopic (exact) mass is 320 g/mol. The number of rotatable bonds is 4. The van der Waals surface area contributed by atoms with Crippen molar-refractivity contribution in [3.8, 4) is 11.5 Å². The van der Waals surface area contributed by atoms with Crippen molar-refractivity contribution in [3.05, 3.63) is 45.8 Å². The molecular weight excluding hydrogens is 310 g/mol. The SMILES string of the molecule is COc1ccc(C(Cl)c2ccc(Cl)o2)c(OC)c1Cl. The van der Waals surface area contributed by atoms with Gasteiger partial charge in [-0.1, -0.05) is 11.6 Å². The van der Waals surface area contributed by atoms with Gasteiger partial charge in [-0.25, -0.2) is 0 Å². The van der Waals surface area contributed by atoms with E-state index in [2.05, 4.69) is 0 Å². The lowest BCUT2D eigenvalue weighted by atomic mass is 10.1. The Labute approximate surface area is 126 Å². The molecule has 1 atom stereocenters. The van der Waals surface area contributed by atoms with Crippen LogP contribution in [-0.2, 0) is 0 Å². The van der Waals surface area contributed by atoms with E-state index in [0.717, 1.165) is 0 Å². The van der Waals surface area contributed by atoms with E-state index >= 15 is 0 Å². The van der Waals surface area contributed by atoms with Gasteiger partial charge in [-0.3, -0.25) is 0 Å². The summed E-state index contributed by atoms with van der Waals surface area (Å²) in [6.45, 7) is 0. The van der Waals surface area contributed by atoms with Crippen molar-refractivity contribution in [2.75, 3.05) is 14.2 Å². The van der Waals surface area contributed by atoms with Crippen LogP contribution in [0.15, 0.2) is 28.7 Å². The number of hydrogen-bond acceptors (Lipinski definition) is 3. The highest BCUT2D eigenvalue weighted by atomic mass is 35.5. The van der Waals surface area contributed by atoms with Crippen LogP contribution >= 0.6 is 34.8 Å². The molecule has 0 aliphatic carbocycles. The quantitative estimate of drug-likeness (QED) is 0.748. The first kappa shape index (κ1) is 14.4. The van der Waals surface area contributed by atoms with Crippen molar-refractivity contribution in [2.24, 2.45) is 0 Å². The molecule has 102 valence electrons. The number of methoxy groups -OCH3 is 2. The van der Waals surface area contributed by atoms with Crippen LogP contribution < -0.4 is 9.47 Å². The van der Waals surface area contributed by atoms with Gasteiger partial charge < -0.3 is 13.9 Å². The Morgan fingerprint density at radius 1 is 1.05 bits per heavy atom. The molecule has 1 aromatic heterocycles. The summed E-state index contributed by atoms with van der Waals surface area (Å²) < 4.78 is 15.7. The van der Waals surface area contributed by atoms with Crippen LogP contribution in [0.1, 0.15) is 16.7 Å². The summed E-state index contributed by atoms with van der Waals surface area (Å²) >= 11 is 18.3. The summed E-state index contributed by atoms with van der Waals surface area (Å²) in [6, 6.07) is 6.83. The fourth-order valence-corrected chi connectivity index (χ4v) is 2.50. The van der Waals surface area contributed by atoms with Gasteiger partial charge in [0, 0.05) is 5.56 Å². The van der Waals surface area contributed by atoms with Crippen molar-refractivity contribution < 1.29 is 13.9 Å². The number of ether oxygens (including phenoxy) is 2. The Bertz CT molecular complexity index is 581. The first-order valence-corrected chi connectivity index (χ1v) is 6.57. The molecule has 0 N–H and O–H groups in total. The van der Waals surface area contributed by atoms with E-state index in [9.17, 15) is 0 Å². The molecule has 0 bridgehead atoms. The zero-order chi connectivity index (χ0) is 14.0. The third-order valence-electron chi connectivity index (χ3n) is 2.63. The normalized spacial score (nSPS) is 12.3. The van der Waals surface area contributed by atoms with Crippen molar-refractivity contribution >= 4 is 34.8 Å². The maximum Gasteiger partial charge on any atom is 0.193 e. The van der Waals surface area contributed by atoms with Crippen LogP contribution in [0, 0.1) is 0 Å². The number of benzene rings is 1. The maximum absolute atomic E-state index is 6.36. The third kappa shape index (κ3) is 2.78. The lowest BCUT2D eigenvalue weighted by molar-refractivity contribution is 0.390. The van der Waals surface area contributed by atoms with E-state index in [-0.39, 0.29) is 5.22 Å². The number of furan rings is 1. The Kier molecular flexibility index (Phi) is 4.50. The molecule has 0 saturated carbocycles. The molecule has 3 nitrogen and oxygen atoms in total. The van der Waals surface area contributed by atoms with Gasteiger partial charge in [0.25, 0.3) is 0 Å². The van der Waals surface area contributed by atoms with E-state index in [4.69, 9.17) is 48.7 Å². The van der Waals surface area contributed by atoms with Gasteiger partial charge >= 0.3 is 0 Å². The standard InChI is InChI=1S/C13H11Cl3O3/c1-17-8-4-3-7(13(18-2)12(8)16)11(15)9-5-6-10(14)19-9/h3-6,11H,1-2H3. The first-order chi connectivity index (χ1) is 9.08. The van der Waals surface area contributed by atoms with E-state index in [1.165, 1.54) is 14.2 Å². The maximum atomic E-state index is 6.36. The van der Waals surface area contributed by atoms with E-state index in [1.54, 1.807) is 24.3 Å². The van der Waals surface area contributed by atoms with E-state index < -0.39 is 5.38 Å². The molecule has 0 saturated heterocycles. The highest BCUT2D eigenvalue weighted by Crippen LogP contribution is 2.43. The van der Waals surface area contributed by atoms with Gasteiger partial charge in [0.2, 0.25) is 0 Å². The van der Waals surface area contributed by atoms with Crippen molar-refractivity contribution in [1.82, 2.24) is 0 Å². The zero-order valence-corrected chi connectivity index (χ0v) is 12.5. The molecule has 1 aromatic carbocycles. The molecule has 0 amide bonds. The molecule has 0 spiro atoms. The predicted octanol–water partition coefficient (Wildman–Crippen LogP) is 4.93. The first-order valence-electron chi connectivity index (χ1n) is 5.38. The van der Waals surface area contributed by atoms with Crippen molar-refractivity contribution in [2.45, 2.75) is 5.38 Å². The minimum Gasteiger partial charge on any atom is -0.495 e.